The Kier molecular flexibility index (Phi) is 8.88. The largest absolute Gasteiger partial charge is 0.497 e. The highest BCUT2D eigenvalue weighted by atomic mass is 19.1. The molecule has 1 saturated heterocycles. The summed E-state index contributed by atoms with van der Waals surface area (Å²) in [5, 5.41) is 8.46. The summed E-state index contributed by atoms with van der Waals surface area (Å²) in [5.74, 6) is 0.200. The Bertz CT molecular complexity index is 1020. The fourth-order valence-electron chi connectivity index (χ4n) is 3.94. The number of benzene rings is 2. The number of hydrogen-bond acceptors (Lipinski definition) is 5. The van der Waals surface area contributed by atoms with Gasteiger partial charge in [-0.05, 0) is 54.8 Å². The lowest BCUT2D eigenvalue weighted by Crippen LogP contribution is -2.53. The van der Waals surface area contributed by atoms with Gasteiger partial charge in [0.15, 0.2) is 0 Å². The van der Waals surface area contributed by atoms with E-state index in [-0.39, 0.29) is 36.1 Å². The summed E-state index contributed by atoms with van der Waals surface area (Å²) in [6, 6.07) is 9.71. The van der Waals surface area contributed by atoms with Crippen LogP contribution in [0, 0.1) is 5.82 Å². The van der Waals surface area contributed by atoms with Gasteiger partial charge in [0.2, 0.25) is 11.8 Å². The molecule has 188 valence electrons. The standard InChI is InChI=1S/C25H31FN4O5/c1-16(31)27-23(14-17-12-21(34-2)15-22(13-17)35-3)24(32)28-20-8-10-30(11-9-20)25(33)29-19-6-4-18(26)5-7-19/h4-7,12-13,15,20,23H,8-11,14H2,1-3H3,(H,27,31)(H,28,32)(H,29,33). The summed E-state index contributed by atoms with van der Waals surface area (Å²) in [7, 11) is 3.09. The summed E-state index contributed by atoms with van der Waals surface area (Å²) in [6.07, 6.45) is 1.41. The lowest BCUT2D eigenvalue weighted by Gasteiger charge is -2.33. The number of anilines is 1. The van der Waals surface area contributed by atoms with Crippen LogP contribution in [0.2, 0.25) is 0 Å². The van der Waals surface area contributed by atoms with Gasteiger partial charge >= 0.3 is 6.03 Å². The van der Waals surface area contributed by atoms with Gasteiger partial charge in [-0.2, -0.15) is 0 Å². The summed E-state index contributed by atoms with van der Waals surface area (Å²) >= 11 is 0. The quantitative estimate of drug-likeness (QED) is 0.532. The molecule has 0 spiro atoms. The van der Waals surface area contributed by atoms with E-state index in [9.17, 15) is 18.8 Å². The molecule has 4 amide bonds. The van der Waals surface area contributed by atoms with E-state index < -0.39 is 6.04 Å². The lowest BCUT2D eigenvalue weighted by atomic mass is 10.0. The van der Waals surface area contributed by atoms with Crippen LogP contribution in [0.25, 0.3) is 0 Å². The summed E-state index contributed by atoms with van der Waals surface area (Å²) < 4.78 is 23.6. The second-order valence-corrected chi connectivity index (χ2v) is 8.39. The molecule has 10 heteroatoms. The highest BCUT2D eigenvalue weighted by Gasteiger charge is 2.27. The third kappa shape index (κ3) is 7.59. The number of nitrogens with one attached hydrogen (secondary N) is 3. The van der Waals surface area contributed by atoms with Gasteiger partial charge in [-0.3, -0.25) is 9.59 Å². The first-order valence-corrected chi connectivity index (χ1v) is 11.4. The third-order valence-electron chi connectivity index (χ3n) is 5.77. The van der Waals surface area contributed by atoms with Gasteiger partial charge in [0, 0.05) is 44.2 Å². The van der Waals surface area contributed by atoms with E-state index in [1.165, 1.54) is 31.2 Å². The maximum atomic E-state index is 13.1. The normalized spacial score (nSPS) is 14.6. The van der Waals surface area contributed by atoms with Gasteiger partial charge in [0.25, 0.3) is 0 Å². The molecular formula is C25H31FN4O5. The second kappa shape index (κ2) is 12.0. The number of nitrogens with zero attached hydrogens (tertiary/aromatic N) is 1. The van der Waals surface area contributed by atoms with Crippen molar-refractivity contribution < 1.29 is 28.2 Å². The molecular weight excluding hydrogens is 455 g/mol. The van der Waals surface area contributed by atoms with E-state index >= 15 is 0 Å². The van der Waals surface area contributed by atoms with E-state index in [1.807, 2.05) is 0 Å². The Balaban J connectivity index is 1.56. The first-order valence-electron chi connectivity index (χ1n) is 11.4. The molecule has 2 aromatic carbocycles. The SMILES string of the molecule is COc1cc(CC(NC(C)=O)C(=O)NC2CCN(C(=O)Nc3ccc(F)cc3)CC2)cc(OC)c1. The van der Waals surface area contributed by atoms with E-state index in [2.05, 4.69) is 16.0 Å². The number of halogens is 1. The third-order valence-corrected chi connectivity index (χ3v) is 5.77. The van der Waals surface area contributed by atoms with Crippen molar-refractivity contribution in [1.82, 2.24) is 15.5 Å². The van der Waals surface area contributed by atoms with Gasteiger partial charge in [0.05, 0.1) is 14.2 Å². The molecule has 1 fully saturated rings. The van der Waals surface area contributed by atoms with Gasteiger partial charge in [0.1, 0.15) is 23.4 Å². The van der Waals surface area contributed by atoms with Crippen LogP contribution in [-0.4, -0.2) is 62.1 Å². The fraction of sp³-hybridized carbons (Fsp3) is 0.400. The highest BCUT2D eigenvalue weighted by Crippen LogP contribution is 2.23. The van der Waals surface area contributed by atoms with Crippen molar-refractivity contribution in [2.45, 2.75) is 38.3 Å². The number of rotatable bonds is 8. The number of urea groups is 1. The number of carbonyl (C=O) groups is 3. The molecule has 35 heavy (non-hydrogen) atoms. The zero-order chi connectivity index (χ0) is 25.4. The molecule has 2 aromatic rings. The van der Waals surface area contributed by atoms with Crippen molar-refractivity contribution in [3.05, 3.63) is 53.8 Å². The van der Waals surface area contributed by atoms with E-state index in [0.717, 1.165) is 5.56 Å². The topological polar surface area (TPSA) is 109 Å². The van der Waals surface area contributed by atoms with Crippen LogP contribution in [0.5, 0.6) is 11.5 Å². The molecule has 0 radical (unpaired) electrons. The molecule has 1 heterocycles. The number of amides is 4. The van der Waals surface area contributed by atoms with Gasteiger partial charge in [-0.1, -0.05) is 0 Å². The zero-order valence-corrected chi connectivity index (χ0v) is 20.1. The Morgan fingerprint density at radius 1 is 1.03 bits per heavy atom. The van der Waals surface area contributed by atoms with Crippen LogP contribution in [0.3, 0.4) is 0 Å². The monoisotopic (exact) mass is 486 g/mol. The molecule has 1 unspecified atom stereocenters. The Morgan fingerprint density at radius 3 is 2.17 bits per heavy atom. The van der Waals surface area contributed by atoms with Crippen LogP contribution in [0.15, 0.2) is 42.5 Å². The molecule has 9 nitrogen and oxygen atoms in total. The average Bonchev–Trinajstić information content (AvgIpc) is 2.84. The average molecular weight is 487 g/mol. The predicted molar refractivity (Wildman–Crippen MR) is 129 cm³/mol. The molecule has 1 atom stereocenters. The van der Waals surface area contributed by atoms with Crippen molar-refractivity contribution >= 4 is 23.5 Å². The van der Waals surface area contributed by atoms with Crippen LogP contribution < -0.4 is 25.4 Å². The van der Waals surface area contributed by atoms with Crippen molar-refractivity contribution in [1.29, 1.82) is 0 Å². The molecule has 1 aliphatic rings. The highest BCUT2D eigenvalue weighted by molar-refractivity contribution is 5.89. The van der Waals surface area contributed by atoms with Crippen molar-refractivity contribution in [3.8, 4) is 11.5 Å². The second-order valence-electron chi connectivity index (χ2n) is 8.39. The summed E-state index contributed by atoms with van der Waals surface area (Å²) in [6.45, 7) is 2.27. The lowest BCUT2D eigenvalue weighted by molar-refractivity contribution is -0.128. The summed E-state index contributed by atoms with van der Waals surface area (Å²) in [4.78, 5) is 38.9. The Morgan fingerprint density at radius 2 is 1.63 bits per heavy atom. The van der Waals surface area contributed by atoms with E-state index in [4.69, 9.17) is 9.47 Å². The fourth-order valence-corrected chi connectivity index (χ4v) is 3.94. The van der Waals surface area contributed by atoms with Gasteiger partial charge < -0.3 is 30.3 Å². The molecule has 0 aliphatic carbocycles. The first kappa shape index (κ1) is 25.8. The number of likely N-dealkylation sites (tertiary alicyclic amines) is 1. The summed E-state index contributed by atoms with van der Waals surface area (Å²) in [5.41, 5.74) is 1.29. The maximum absolute atomic E-state index is 13.1. The number of hydrogen-bond donors (Lipinski definition) is 3. The molecule has 0 aromatic heterocycles. The maximum Gasteiger partial charge on any atom is 0.321 e. The number of methoxy groups -OCH3 is 2. The van der Waals surface area contributed by atoms with E-state index in [1.54, 1.807) is 37.3 Å². The molecule has 3 rings (SSSR count). The minimum Gasteiger partial charge on any atom is -0.497 e. The predicted octanol–water partition coefficient (Wildman–Crippen LogP) is 2.70. The number of ether oxygens (including phenoxy) is 2. The molecule has 3 N–H and O–H groups in total. The van der Waals surface area contributed by atoms with E-state index in [0.29, 0.717) is 43.1 Å². The smallest absolute Gasteiger partial charge is 0.321 e. The minimum absolute atomic E-state index is 0.131. The number of piperidine rings is 1. The first-order chi connectivity index (χ1) is 16.8. The Hall–Kier alpha value is -3.82. The molecule has 0 bridgehead atoms. The molecule has 0 saturated carbocycles. The van der Waals surface area contributed by atoms with Crippen LogP contribution in [0.4, 0.5) is 14.9 Å². The van der Waals surface area contributed by atoms with Crippen molar-refractivity contribution in [3.63, 3.8) is 0 Å². The van der Waals surface area contributed by atoms with Crippen LogP contribution >= 0.6 is 0 Å². The van der Waals surface area contributed by atoms with Crippen molar-refractivity contribution in [2.24, 2.45) is 0 Å². The minimum atomic E-state index is -0.774. The van der Waals surface area contributed by atoms with Gasteiger partial charge in [-0.15, -0.1) is 0 Å². The van der Waals surface area contributed by atoms with Crippen LogP contribution in [-0.2, 0) is 16.0 Å². The Labute approximate surface area is 204 Å². The zero-order valence-electron chi connectivity index (χ0n) is 20.1. The van der Waals surface area contributed by atoms with Crippen LogP contribution in [0.1, 0.15) is 25.3 Å². The molecule has 1 aliphatic heterocycles. The van der Waals surface area contributed by atoms with Crippen molar-refractivity contribution in [2.75, 3.05) is 32.6 Å². The van der Waals surface area contributed by atoms with Gasteiger partial charge in [-0.25, -0.2) is 9.18 Å². The number of carbonyl (C=O) groups excluding carboxylic acids is 3.